The minimum atomic E-state index is 0.559. The fourth-order valence-electron chi connectivity index (χ4n) is 0.994. The van der Waals surface area contributed by atoms with Crippen LogP contribution in [0.15, 0.2) is 12.4 Å². The molecule has 0 aromatic carbocycles. The van der Waals surface area contributed by atoms with Crippen LogP contribution >= 0.6 is 0 Å². The van der Waals surface area contributed by atoms with Crippen LogP contribution in [0.5, 0.6) is 0 Å². The van der Waals surface area contributed by atoms with Crippen LogP contribution in [-0.4, -0.2) is 27.6 Å². The van der Waals surface area contributed by atoms with Crippen LogP contribution in [0.1, 0.15) is 20.8 Å². The second-order valence-corrected chi connectivity index (χ2v) is 3.65. The zero-order valence-electron chi connectivity index (χ0n) is 8.57. The first kappa shape index (κ1) is 10.2. The van der Waals surface area contributed by atoms with Crippen molar-refractivity contribution in [3.05, 3.63) is 12.4 Å². The Morgan fingerprint density at radius 2 is 2.15 bits per heavy atom. The third-order valence-corrected chi connectivity index (χ3v) is 2.28. The molecule has 0 aliphatic heterocycles. The Morgan fingerprint density at radius 1 is 1.38 bits per heavy atom. The molecule has 0 saturated heterocycles. The highest BCUT2D eigenvalue weighted by molar-refractivity contribution is 4.67. The summed E-state index contributed by atoms with van der Waals surface area (Å²) in [7, 11) is 0. The Bertz CT molecular complexity index is 218. The highest BCUT2D eigenvalue weighted by Crippen LogP contribution is 1.98. The van der Waals surface area contributed by atoms with Gasteiger partial charge in [-0.3, -0.25) is 4.68 Å². The highest BCUT2D eigenvalue weighted by atomic mass is 15.4. The lowest BCUT2D eigenvalue weighted by atomic mass is 10.1. The smallest absolute Gasteiger partial charge is 0.0692 e. The molecular formula is C9H18N4. The largest absolute Gasteiger partial charge is 0.312 e. The molecule has 1 atom stereocenters. The van der Waals surface area contributed by atoms with E-state index in [1.54, 1.807) is 6.20 Å². The zero-order chi connectivity index (χ0) is 9.68. The average molecular weight is 182 g/mol. The highest BCUT2D eigenvalue weighted by Gasteiger charge is 2.04. The van der Waals surface area contributed by atoms with E-state index in [9.17, 15) is 0 Å². The van der Waals surface area contributed by atoms with Crippen LogP contribution in [0.2, 0.25) is 0 Å². The lowest BCUT2D eigenvalue weighted by Gasteiger charge is -2.16. The van der Waals surface area contributed by atoms with Crippen LogP contribution < -0.4 is 5.32 Å². The molecule has 0 amide bonds. The second kappa shape index (κ2) is 4.97. The molecule has 0 fully saturated rings. The maximum absolute atomic E-state index is 3.88. The zero-order valence-corrected chi connectivity index (χ0v) is 8.57. The monoisotopic (exact) mass is 182 g/mol. The third-order valence-electron chi connectivity index (χ3n) is 2.28. The van der Waals surface area contributed by atoms with Crippen molar-refractivity contribution in [2.24, 2.45) is 5.92 Å². The molecule has 1 rings (SSSR count). The molecule has 74 valence electrons. The Kier molecular flexibility index (Phi) is 3.89. The van der Waals surface area contributed by atoms with Crippen molar-refractivity contribution in [3.8, 4) is 0 Å². The van der Waals surface area contributed by atoms with Crippen LogP contribution in [0.3, 0.4) is 0 Å². The Hall–Kier alpha value is -0.900. The van der Waals surface area contributed by atoms with E-state index in [0.717, 1.165) is 13.1 Å². The van der Waals surface area contributed by atoms with E-state index in [1.165, 1.54) is 0 Å². The van der Waals surface area contributed by atoms with Gasteiger partial charge in [-0.2, -0.15) is 0 Å². The molecule has 1 heterocycles. The SMILES string of the molecule is CC(C)C(C)NCCn1ccnn1. The predicted octanol–water partition coefficient (Wildman–Crippen LogP) is 0.912. The summed E-state index contributed by atoms with van der Waals surface area (Å²) in [5, 5.41) is 11.1. The number of aromatic nitrogens is 3. The van der Waals surface area contributed by atoms with Crippen LogP contribution in [0.25, 0.3) is 0 Å². The molecule has 0 aliphatic rings. The first-order valence-corrected chi connectivity index (χ1v) is 4.77. The predicted molar refractivity (Wildman–Crippen MR) is 52.3 cm³/mol. The maximum atomic E-state index is 3.88. The Morgan fingerprint density at radius 3 is 2.69 bits per heavy atom. The van der Waals surface area contributed by atoms with Gasteiger partial charge >= 0.3 is 0 Å². The summed E-state index contributed by atoms with van der Waals surface area (Å²) in [5.41, 5.74) is 0. The molecule has 0 bridgehead atoms. The van der Waals surface area contributed by atoms with Gasteiger partial charge < -0.3 is 5.32 Å². The van der Waals surface area contributed by atoms with Crippen molar-refractivity contribution < 1.29 is 0 Å². The Labute approximate surface area is 79.3 Å². The topological polar surface area (TPSA) is 42.7 Å². The molecule has 0 saturated carbocycles. The summed E-state index contributed by atoms with van der Waals surface area (Å²) in [6.45, 7) is 8.46. The fourth-order valence-corrected chi connectivity index (χ4v) is 0.994. The van der Waals surface area contributed by atoms with E-state index < -0.39 is 0 Å². The molecule has 4 heteroatoms. The van der Waals surface area contributed by atoms with Crippen LogP contribution in [0.4, 0.5) is 0 Å². The van der Waals surface area contributed by atoms with Gasteiger partial charge in [-0.1, -0.05) is 19.1 Å². The van der Waals surface area contributed by atoms with Gasteiger partial charge in [0, 0.05) is 18.8 Å². The van der Waals surface area contributed by atoms with Gasteiger partial charge in [-0.25, -0.2) is 0 Å². The van der Waals surface area contributed by atoms with Gasteiger partial charge in [0.15, 0.2) is 0 Å². The summed E-state index contributed by atoms with van der Waals surface area (Å²) in [5.74, 6) is 0.677. The van der Waals surface area contributed by atoms with Crippen LogP contribution in [0, 0.1) is 5.92 Å². The lowest BCUT2D eigenvalue weighted by molar-refractivity contribution is 0.408. The standard InChI is InChI=1S/C9H18N4/c1-8(2)9(3)10-4-6-13-7-5-11-12-13/h5,7-10H,4,6H2,1-3H3. The summed E-state index contributed by atoms with van der Waals surface area (Å²) < 4.78 is 1.83. The number of hydrogen-bond donors (Lipinski definition) is 1. The minimum Gasteiger partial charge on any atom is -0.312 e. The van der Waals surface area contributed by atoms with Gasteiger partial charge in [0.1, 0.15) is 0 Å². The van der Waals surface area contributed by atoms with Gasteiger partial charge in [-0.05, 0) is 12.8 Å². The van der Waals surface area contributed by atoms with Gasteiger partial charge in [-0.15, -0.1) is 5.10 Å². The minimum absolute atomic E-state index is 0.559. The van der Waals surface area contributed by atoms with E-state index in [1.807, 2.05) is 10.9 Å². The molecule has 4 nitrogen and oxygen atoms in total. The third kappa shape index (κ3) is 3.55. The van der Waals surface area contributed by atoms with E-state index in [4.69, 9.17) is 0 Å². The van der Waals surface area contributed by atoms with E-state index >= 15 is 0 Å². The van der Waals surface area contributed by atoms with Crippen molar-refractivity contribution >= 4 is 0 Å². The Balaban J connectivity index is 2.14. The first-order chi connectivity index (χ1) is 6.20. The normalized spacial score (nSPS) is 13.5. The number of nitrogens with one attached hydrogen (secondary N) is 1. The fraction of sp³-hybridized carbons (Fsp3) is 0.778. The van der Waals surface area contributed by atoms with Crippen molar-refractivity contribution in [1.29, 1.82) is 0 Å². The summed E-state index contributed by atoms with van der Waals surface area (Å²) >= 11 is 0. The molecule has 0 aliphatic carbocycles. The number of hydrogen-bond acceptors (Lipinski definition) is 3. The summed E-state index contributed by atoms with van der Waals surface area (Å²) in [4.78, 5) is 0. The lowest BCUT2D eigenvalue weighted by Crippen LogP contribution is -2.33. The van der Waals surface area contributed by atoms with Gasteiger partial charge in [0.2, 0.25) is 0 Å². The molecule has 0 radical (unpaired) electrons. The summed E-state index contributed by atoms with van der Waals surface area (Å²) in [6.07, 6.45) is 3.58. The number of nitrogens with zero attached hydrogens (tertiary/aromatic N) is 3. The molecule has 1 unspecified atom stereocenters. The van der Waals surface area contributed by atoms with Crippen molar-refractivity contribution in [3.63, 3.8) is 0 Å². The quantitative estimate of drug-likeness (QED) is 0.736. The maximum Gasteiger partial charge on any atom is 0.0692 e. The van der Waals surface area contributed by atoms with Crippen LogP contribution in [-0.2, 0) is 6.54 Å². The molecule has 1 aromatic rings. The van der Waals surface area contributed by atoms with Gasteiger partial charge in [0.05, 0.1) is 12.7 Å². The van der Waals surface area contributed by atoms with Crippen molar-refractivity contribution in [2.75, 3.05) is 6.54 Å². The van der Waals surface area contributed by atoms with E-state index in [0.29, 0.717) is 12.0 Å². The summed E-state index contributed by atoms with van der Waals surface area (Å²) in [6, 6.07) is 0.559. The first-order valence-electron chi connectivity index (χ1n) is 4.77. The average Bonchev–Trinajstić information content (AvgIpc) is 2.56. The van der Waals surface area contributed by atoms with E-state index in [2.05, 4.69) is 36.4 Å². The second-order valence-electron chi connectivity index (χ2n) is 3.65. The van der Waals surface area contributed by atoms with E-state index in [-0.39, 0.29) is 0 Å². The van der Waals surface area contributed by atoms with Gasteiger partial charge in [0.25, 0.3) is 0 Å². The molecule has 0 spiro atoms. The molecule has 13 heavy (non-hydrogen) atoms. The molecular weight excluding hydrogens is 164 g/mol. The molecule has 1 N–H and O–H groups in total. The van der Waals surface area contributed by atoms with Crippen molar-refractivity contribution in [1.82, 2.24) is 20.3 Å². The molecule has 1 aromatic heterocycles. The number of rotatable bonds is 5. The van der Waals surface area contributed by atoms with Crippen molar-refractivity contribution in [2.45, 2.75) is 33.4 Å².